The highest BCUT2D eigenvalue weighted by Gasteiger charge is 2.11. The van der Waals surface area contributed by atoms with E-state index in [1.807, 2.05) is 12.1 Å². The van der Waals surface area contributed by atoms with Crippen molar-refractivity contribution in [3.63, 3.8) is 0 Å². The van der Waals surface area contributed by atoms with Gasteiger partial charge < -0.3 is 9.94 Å². The number of nitrogens with zero attached hydrogens (tertiary/aromatic N) is 2. The third kappa shape index (κ3) is 2.30. The number of aromatic nitrogens is 1. The minimum absolute atomic E-state index is 0.538. The van der Waals surface area contributed by atoms with Crippen molar-refractivity contribution in [2.24, 2.45) is 5.16 Å². The van der Waals surface area contributed by atoms with Crippen LogP contribution in [0.1, 0.15) is 5.69 Å². The molecule has 1 N–H and O–H groups in total. The number of hydrogen-bond donors (Lipinski definition) is 1. The van der Waals surface area contributed by atoms with Crippen LogP contribution < -0.4 is 4.74 Å². The number of rotatable bonds is 2. The molecule has 0 saturated carbocycles. The largest absolute Gasteiger partial charge is 0.493 e. The summed E-state index contributed by atoms with van der Waals surface area (Å²) in [5.74, 6) is 0.665. The van der Waals surface area contributed by atoms with Gasteiger partial charge in [0.15, 0.2) is 5.75 Å². The number of hydrogen-bond acceptors (Lipinski definition) is 4. The van der Waals surface area contributed by atoms with E-state index in [0.29, 0.717) is 22.0 Å². The second kappa shape index (κ2) is 5.05. The van der Waals surface area contributed by atoms with Crippen molar-refractivity contribution >= 4 is 51.3 Å². The van der Waals surface area contributed by atoms with Crippen LogP contribution in [0, 0.1) is 3.57 Å². The molecule has 88 valence electrons. The van der Waals surface area contributed by atoms with Gasteiger partial charge in [0.1, 0.15) is 5.52 Å². The van der Waals surface area contributed by atoms with Crippen molar-refractivity contribution in [1.82, 2.24) is 4.98 Å². The summed E-state index contributed by atoms with van der Waals surface area (Å²) in [7, 11) is 1.58. The smallest absolute Gasteiger partial charge is 0.158 e. The fraction of sp³-hybridized carbons (Fsp3) is 0.0909. The molecule has 0 radical (unpaired) electrons. The summed E-state index contributed by atoms with van der Waals surface area (Å²) in [6.45, 7) is 0. The van der Waals surface area contributed by atoms with Crippen LogP contribution in [0.25, 0.3) is 10.9 Å². The van der Waals surface area contributed by atoms with E-state index in [2.05, 4.69) is 32.7 Å². The Kier molecular flexibility index (Phi) is 3.68. The lowest BCUT2D eigenvalue weighted by Crippen LogP contribution is -1.95. The van der Waals surface area contributed by atoms with Gasteiger partial charge in [0.2, 0.25) is 0 Å². The molecule has 17 heavy (non-hydrogen) atoms. The summed E-state index contributed by atoms with van der Waals surface area (Å²) in [5, 5.41) is 12.9. The van der Waals surface area contributed by atoms with Crippen LogP contribution in [0.4, 0.5) is 0 Å². The predicted molar refractivity (Wildman–Crippen MR) is 75.4 cm³/mol. The van der Waals surface area contributed by atoms with Gasteiger partial charge in [-0.05, 0) is 40.8 Å². The molecule has 0 fully saturated rings. The predicted octanol–water partition coefficient (Wildman–Crippen LogP) is 3.31. The molecule has 2 rings (SSSR count). The first kappa shape index (κ1) is 12.4. The van der Waals surface area contributed by atoms with Crippen LogP contribution in [-0.2, 0) is 0 Å². The Hall–Kier alpha value is -1.08. The Morgan fingerprint density at radius 3 is 2.94 bits per heavy atom. The van der Waals surface area contributed by atoms with Gasteiger partial charge >= 0.3 is 0 Å². The molecule has 0 amide bonds. The molecule has 1 aromatic heterocycles. The molecule has 6 heteroatoms. The van der Waals surface area contributed by atoms with Gasteiger partial charge in [-0.2, -0.15) is 0 Å². The van der Waals surface area contributed by atoms with Gasteiger partial charge in [-0.15, -0.1) is 0 Å². The van der Waals surface area contributed by atoms with Gasteiger partial charge in [0, 0.05) is 5.39 Å². The Morgan fingerprint density at radius 1 is 1.53 bits per heavy atom. The van der Waals surface area contributed by atoms with E-state index in [-0.39, 0.29) is 0 Å². The molecule has 0 aliphatic rings. The number of ether oxygens (including phenoxy) is 1. The first-order chi connectivity index (χ1) is 8.17. The molecule has 0 spiro atoms. The fourth-order valence-electron chi connectivity index (χ4n) is 1.53. The third-order valence-electron chi connectivity index (χ3n) is 2.25. The molecule has 1 heterocycles. The van der Waals surface area contributed by atoms with Crippen molar-refractivity contribution in [1.29, 1.82) is 0 Å². The topological polar surface area (TPSA) is 54.7 Å². The molecule has 0 saturated heterocycles. The Bertz CT molecular complexity index is 602. The molecule has 0 bridgehead atoms. The maximum Gasteiger partial charge on any atom is 0.158 e. The SMILES string of the molecule is COc1c(I)cc(Cl)c2ccc(C=NO)nc12. The summed E-state index contributed by atoms with van der Waals surface area (Å²) in [6.07, 6.45) is 1.26. The second-order valence-corrected chi connectivity index (χ2v) is 4.82. The quantitative estimate of drug-likeness (QED) is 0.386. The molecular formula is C11H8ClIN2O2. The second-order valence-electron chi connectivity index (χ2n) is 3.25. The fourth-order valence-corrected chi connectivity index (χ4v) is 2.77. The molecule has 0 aliphatic carbocycles. The maximum absolute atomic E-state index is 8.50. The molecule has 2 aromatic rings. The Labute approximate surface area is 116 Å². The first-order valence-corrected chi connectivity index (χ1v) is 6.13. The number of fused-ring (bicyclic) bond motifs is 1. The van der Waals surface area contributed by atoms with Gasteiger partial charge in [-0.25, -0.2) is 4.98 Å². The molecule has 0 atom stereocenters. The molecular weight excluding hydrogens is 354 g/mol. The zero-order chi connectivity index (χ0) is 12.4. The van der Waals surface area contributed by atoms with Gasteiger partial charge in [0.25, 0.3) is 0 Å². The highest BCUT2D eigenvalue weighted by atomic mass is 127. The standard InChI is InChI=1S/C11H8ClIN2O2/c1-17-11-9(13)4-8(12)7-3-2-6(5-14-16)15-10(7)11/h2-5,16H,1H3. The van der Waals surface area contributed by atoms with Crippen molar-refractivity contribution in [2.45, 2.75) is 0 Å². The summed E-state index contributed by atoms with van der Waals surface area (Å²) in [5.41, 5.74) is 1.19. The molecule has 1 aromatic carbocycles. The van der Waals surface area contributed by atoms with Crippen molar-refractivity contribution in [3.8, 4) is 5.75 Å². The summed E-state index contributed by atoms with van der Waals surface area (Å²) in [4.78, 5) is 4.33. The average molecular weight is 363 g/mol. The Balaban J connectivity index is 2.81. The van der Waals surface area contributed by atoms with Gasteiger partial charge in [-0.1, -0.05) is 16.8 Å². The first-order valence-electron chi connectivity index (χ1n) is 4.67. The van der Waals surface area contributed by atoms with E-state index in [0.717, 1.165) is 8.96 Å². The van der Waals surface area contributed by atoms with Crippen LogP contribution in [0.3, 0.4) is 0 Å². The zero-order valence-electron chi connectivity index (χ0n) is 8.82. The number of benzene rings is 1. The van der Waals surface area contributed by atoms with E-state index < -0.39 is 0 Å². The van der Waals surface area contributed by atoms with E-state index in [1.165, 1.54) is 6.21 Å². The molecule has 4 nitrogen and oxygen atoms in total. The van der Waals surface area contributed by atoms with Crippen molar-refractivity contribution in [2.75, 3.05) is 7.11 Å². The summed E-state index contributed by atoms with van der Waals surface area (Å²) >= 11 is 8.27. The molecule has 0 unspecified atom stereocenters. The minimum Gasteiger partial charge on any atom is -0.493 e. The van der Waals surface area contributed by atoms with Crippen LogP contribution in [0.5, 0.6) is 5.75 Å². The lowest BCUT2D eigenvalue weighted by atomic mass is 10.2. The van der Waals surface area contributed by atoms with E-state index in [9.17, 15) is 0 Å². The normalized spacial score (nSPS) is 11.2. The lowest BCUT2D eigenvalue weighted by Gasteiger charge is -2.09. The Morgan fingerprint density at radius 2 is 2.29 bits per heavy atom. The third-order valence-corrected chi connectivity index (χ3v) is 3.37. The lowest BCUT2D eigenvalue weighted by molar-refractivity contribution is 0.321. The monoisotopic (exact) mass is 362 g/mol. The van der Waals surface area contributed by atoms with E-state index in [1.54, 1.807) is 13.2 Å². The van der Waals surface area contributed by atoms with Gasteiger partial charge in [-0.3, -0.25) is 0 Å². The maximum atomic E-state index is 8.50. The number of oxime groups is 1. The summed E-state index contributed by atoms with van der Waals surface area (Å²) in [6, 6.07) is 5.37. The van der Waals surface area contributed by atoms with Crippen LogP contribution in [0.15, 0.2) is 23.4 Å². The number of pyridine rings is 1. The summed E-state index contributed by atoms with van der Waals surface area (Å²) < 4.78 is 6.19. The zero-order valence-corrected chi connectivity index (χ0v) is 11.7. The van der Waals surface area contributed by atoms with Crippen LogP contribution >= 0.6 is 34.2 Å². The van der Waals surface area contributed by atoms with Crippen LogP contribution in [0.2, 0.25) is 5.02 Å². The highest BCUT2D eigenvalue weighted by molar-refractivity contribution is 14.1. The molecule has 0 aliphatic heterocycles. The highest BCUT2D eigenvalue weighted by Crippen LogP contribution is 2.34. The van der Waals surface area contributed by atoms with E-state index >= 15 is 0 Å². The average Bonchev–Trinajstić information content (AvgIpc) is 2.29. The van der Waals surface area contributed by atoms with Crippen LogP contribution in [-0.4, -0.2) is 23.5 Å². The number of halogens is 2. The van der Waals surface area contributed by atoms with Crippen molar-refractivity contribution < 1.29 is 9.94 Å². The minimum atomic E-state index is 0.538. The number of methoxy groups -OCH3 is 1. The van der Waals surface area contributed by atoms with E-state index in [4.69, 9.17) is 21.5 Å². The van der Waals surface area contributed by atoms with Crippen molar-refractivity contribution in [3.05, 3.63) is 32.5 Å². The van der Waals surface area contributed by atoms with Gasteiger partial charge in [0.05, 0.1) is 27.6 Å².